The van der Waals surface area contributed by atoms with E-state index in [0.29, 0.717) is 0 Å². The van der Waals surface area contributed by atoms with Crippen molar-refractivity contribution in [1.29, 1.82) is 0 Å². The van der Waals surface area contributed by atoms with Crippen molar-refractivity contribution in [1.82, 2.24) is 0 Å². The van der Waals surface area contributed by atoms with Crippen molar-refractivity contribution in [2.45, 2.75) is 27.7 Å². The van der Waals surface area contributed by atoms with Crippen LogP contribution < -0.4 is 9.47 Å². The van der Waals surface area contributed by atoms with Gasteiger partial charge in [-0.2, -0.15) is 0 Å². The Morgan fingerprint density at radius 1 is 1.00 bits per heavy atom. The summed E-state index contributed by atoms with van der Waals surface area (Å²) in [6.45, 7) is 6.84. The normalized spacial score (nSPS) is 10.7. The van der Waals surface area contributed by atoms with Gasteiger partial charge in [0, 0.05) is 0 Å². The zero-order valence-corrected chi connectivity index (χ0v) is 12.2. The summed E-state index contributed by atoms with van der Waals surface area (Å²) in [7, 11) is 0. The van der Waals surface area contributed by atoms with Gasteiger partial charge >= 0.3 is 11.9 Å². The molecule has 0 amide bonds. The van der Waals surface area contributed by atoms with E-state index in [1.165, 1.54) is 6.07 Å². The van der Waals surface area contributed by atoms with E-state index in [4.69, 9.17) is 21.1 Å². The third kappa shape index (κ3) is 4.24. The number of rotatable bonds is 4. The van der Waals surface area contributed by atoms with E-state index in [1.54, 1.807) is 39.8 Å². The minimum Gasteiger partial charge on any atom is -0.422 e. The Hall–Kier alpha value is -1.55. The van der Waals surface area contributed by atoms with Gasteiger partial charge in [-0.25, -0.2) is 0 Å². The molecule has 0 unspecified atom stereocenters. The molecule has 0 heterocycles. The highest BCUT2D eigenvalue weighted by molar-refractivity contribution is 6.32. The number of esters is 2. The molecule has 5 heteroatoms. The van der Waals surface area contributed by atoms with Crippen LogP contribution in [0.4, 0.5) is 0 Å². The number of benzene rings is 1. The van der Waals surface area contributed by atoms with Crippen LogP contribution >= 0.6 is 11.6 Å². The first-order chi connectivity index (χ1) is 8.82. The average Bonchev–Trinajstić information content (AvgIpc) is 2.32. The summed E-state index contributed by atoms with van der Waals surface area (Å²) >= 11 is 5.97. The van der Waals surface area contributed by atoms with Crippen LogP contribution in [0.1, 0.15) is 27.7 Å². The van der Waals surface area contributed by atoms with E-state index in [9.17, 15) is 9.59 Å². The van der Waals surface area contributed by atoms with Crippen LogP contribution in [0.5, 0.6) is 11.5 Å². The minimum atomic E-state index is -0.435. The van der Waals surface area contributed by atoms with E-state index in [-0.39, 0.29) is 28.4 Å². The van der Waals surface area contributed by atoms with Gasteiger partial charge in [-0.3, -0.25) is 9.59 Å². The molecule has 1 aromatic carbocycles. The fourth-order valence-corrected chi connectivity index (χ4v) is 1.32. The lowest BCUT2D eigenvalue weighted by atomic mass is 10.2. The van der Waals surface area contributed by atoms with Crippen LogP contribution in [0.2, 0.25) is 5.02 Å². The molecule has 0 radical (unpaired) electrons. The van der Waals surface area contributed by atoms with Gasteiger partial charge in [0.1, 0.15) is 0 Å². The van der Waals surface area contributed by atoms with Crippen LogP contribution in [-0.2, 0) is 9.59 Å². The number of para-hydroxylation sites is 1. The molecule has 0 aliphatic rings. The molecule has 4 nitrogen and oxygen atoms in total. The molecule has 0 spiro atoms. The molecule has 19 heavy (non-hydrogen) atoms. The van der Waals surface area contributed by atoms with Crippen molar-refractivity contribution in [3.63, 3.8) is 0 Å². The van der Waals surface area contributed by atoms with Gasteiger partial charge in [-0.15, -0.1) is 0 Å². The number of hydrogen-bond donors (Lipinski definition) is 0. The van der Waals surface area contributed by atoms with Gasteiger partial charge in [-0.1, -0.05) is 45.4 Å². The number of carbonyl (C=O) groups excluding carboxylic acids is 2. The summed E-state index contributed by atoms with van der Waals surface area (Å²) in [5.41, 5.74) is 0. The second-order valence-electron chi connectivity index (χ2n) is 4.72. The second kappa shape index (κ2) is 6.57. The first-order valence-electron chi connectivity index (χ1n) is 6.04. The smallest absolute Gasteiger partial charge is 0.313 e. The SMILES string of the molecule is CC(C)C(=O)Oc1cccc(Cl)c1OC(=O)C(C)C. The predicted octanol–water partition coefficient (Wildman–Crippen LogP) is 3.46. The second-order valence-corrected chi connectivity index (χ2v) is 5.13. The van der Waals surface area contributed by atoms with Crippen molar-refractivity contribution in [2.75, 3.05) is 0 Å². The highest BCUT2D eigenvalue weighted by Gasteiger charge is 2.19. The molecular weight excluding hydrogens is 268 g/mol. The summed E-state index contributed by atoms with van der Waals surface area (Å²) < 4.78 is 10.3. The van der Waals surface area contributed by atoms with Gasteiger partial charge in [0.05, 0.1) is 16.9 Å². The standard InChI is InChI=1S/C14H17ClO4/c1-8(2)13(16)18-11-7-5-6-10(15)12(11)19-14(17)9(3)4/h5-9H,1-4H3. The van der Waals surface area contributed by atoms with E-state index in [0.717, 1.165) is 0 Å². The molecule has 1 rings (SSSR count). The fraction of sp³-hybridized carbons (Fsp3) is 0.429. The van der Waals surface area contributed by atoms with Crippen LogP contribution in [0, 0.1) is 11.8 Å². The maximum absolute atomic E-state index is 11.6. The Morgan fingerprint density at radius 2 is 1.53 bits per heavy atom. The molecule has 0 aliphatic heterocycles. The topological polar surface area (TPSA) is 52.6 Å². The van der Waals surface area contributed by atoms with Gasteiger partial charge in [0.2, 0.25) is 0 Å². The van der Waals surface area contributed by atoms with E-state index < -0.39 is 11.9 Å². The summed E-state index contributed by atoms with van der Waals surface area (Å²) in [6.07, 6.45) is 0. The Bertz CT molecular complexity index is 480. The molecule has 1 aromatic rings. The van der Waals surface area contributed by atoms with Crippen LogP contribution in [-0.4, -0.2) is 11.9 Å². The lowest BCUT2D eigenvalue weighted by molar-refractivity contribution is -0.140. The third-order valence-corrected chi connectivity index (χ3v) is 2.58. The summed E-state index contributed by atoms with van der Waals surface area (Å²) in [6, 6.07) is 4.73. The van der Waals surface area contributed by atoms with Gasteiger partial charge in [0.15, 0.2) is 11.5 Å². The van der Waals surface area contributed by atoms with E-state index in [2.05, 4.69) is 0 Å². The summed E-state index contributed by atoms with van der Waals surface area (Å²) in [5, 5.41) is 0.225. The molecule has 0 N–H and O–H groups in total. The molecule has 104 valence electrons. The van der Waals surface area contributed by atoms with Gasteiger partial charge in [-0.05, 0) is 12.1 Å². The molecule has 0 aromatic heterocycles. The Balaban J connectivity index is 3.02. The maximum Gasteiger partial charge on any atom is 0.313 e. The van der Waals surface area contributed by atoms with Crippen molar-refractivity contribution < 1.29 is 19.1 Å². The summed E-state index contributed by atoms with van der Waals surface area (Å²) in [4.78, 5) is 23.2. The molecule has 0 bridgehead atoms. The van der Waals surface area contributed by atoms with Gasteiger partial charge < -0.3 is 9.47 Å². The minimum absolute atomic E-state index is 0.0804. The lowest BCUT2D eigenvalue weighted by Gasteiger charge is -2.13. The molecule has 0 aliphatic carbocycles. The zero-order valence-electron chi connectivity index (χ0n) is 11.4. The molecule has 0 fully saturated rings. The first kappa shape index (κ1) is 15.5. The maximum atomic E-state index is 11.6. The molecular formula is C14H17ClO4. The van der Waals surface area contributed by atoms with Gasteiger partial charge in [0.25, 0.3) is 0 Å². The summed E-state index contributed by atoms with van der Waals surface area (Å²) in [5.74, 6) is -1.20. The van der Waals surface area contributed by atoms with Crippen LogP contribution in [0.3, 0.4) is 0 Å². The largest absolute Gasteiger partial charge is 0.422 e. The Morgan fingerprint density at radius 3 is 2.05 bits per heavy atom. The Labute approximate surface area is 117 Å². The molecule has 0 saturated heterocycles. The number of carbonyl (C=O) groups is 2. The third-order valence-electron chi connectivity index (χ3n) is 2.29. The number of ether oxygens (including phenoxy) is 2. The van der Waals surface area contributed by atoms with Crippen molar-refractivity contribution in [3.05, 3.63) is 23.2 Å². The van der Waals surface area contributed by atoms with Crippen molar-refractivity contribution in [2.24, 2.45) is 11.8 Å². The van der Waals surface area contributed by atoms with Crippen LogP contribution in [0.25, 0.3) is 0 Å². The van der Waals surface area contributed by atoms with Crippen LogP contribution in [0.15, 0.2) is 18.2 Å². The first-order valence-corrected chi connectivity index (χ1v) is 6.42. The predicted molar refractivity (Wildman–Crippen MR) is 72.4 cm³/mol. The highest BCUT2D eigenvalue weighted by atomic mass is 35.5. The number of halogens is 1. The fourth-order valence-electron chi connectivity index (χ4n) is 1.11. The molecule has 0 atom stereocenters. The monoisotopic (exact) mass is 284 g/mol. The Kier molecular flexibility index (Phi) is 5.36. The quantitative estimate of drug-likeness (QED) is 0.627. The number of hydrogen-bond acceptors (Lipinski definition) is 4. The average molecular weight is 285 g/mol. The molecule has 0 saturated carbocycles. The highest BCUT2D eigenvalue weighted by Crippen LogP contribution is 2.35. The van der Waals surface area contributed by atoms with E-state index in [1.807, 2.05) is 0 Å². The van der Waals surface area contributed by atoms with E-state index >= 15 is 0 Å². The van der Waals surface area contributed by atoms with Crippen molar-refractivity contribution >= 4 is 23.5 Å². The zero-order chi connectivity index (χ0) is 14.6. The van der Waals surface area contributed by atoms with Crippen molar-refractivity contribution in [3.8, 4) is 11.5 Å². The lowest BCUT2D eigenvalue weighted by Crippen LogP contribution is -2.18.